The molecule has 2 nitrogen and oxygen atoms in total. The Morgan fingerprint density at radius 1 is 1.29 bits per heavy atom. The maximum absolute atomic E-state index is 12.3. The molecule has 14 heavy (non-hydrogen) atoms. The van der Waals surface area contributed by atoms with Crippen molar-refractivity contribution in [1.82, 2.24) is 0 Å². The summed E-state index contributed by atoms with van der Waals surface area (Å²) in [5, 5.41) is 0.832. The average Bonchev–Trinajstić information content (AvgIpc) is 2.01. The second-order valence-corrected chi connectivity index (χ2v) is 2.79. The third kappa shape index (κ3) is 2.63. The van der Waals surface area contributed by atoms with Crippen molar-refractivity contribution in [3.05, 3.63) is 29.8 Å². The van der Waals surface area contributed by atoms with Gasteiger partial charge in [0.15, 0.2) is 0 Å². The van der Waals surface area contributed by atoms with E-state index >= 15 is 0 Å². The van der Waals surface area contributed by atoms with Crippen LogP contribution in [0.3, 0.4) is 0 Å². The smallest absolute Gasteiger partial charge is 0.312 e. The highest BCUT2D eigenvalue weighted by molar-refractivity contribution is 6.65. The summed E-state index contributed by atoms with van der Waals surface area (Å²) < 4.78 is 36.9. The maximum atomic E-state index is 12.3. The molecule has 1 rings (SSSR count). The molecule has 76 valence electrons. The highest BCUT2D eigenvalue weighted by atomic mass is 35.5. The van der Waals surface area contributed by atoms with Gasteiger partial charge >= 0.3 is 11.5 Å². The Morgan fingerprint density at radius 3 is 2.36 bits per heavy atom. The van der Waals surface area contributed by atoms with Crippen molar-refractivity contribution in [2.45, 2.75) is 6.18 Å². The lowest BCUT2D eigenvalue weighted by atomic mass is 10.2. The molecular weight excluding hydrogens is 219 g/mol. The lowest BCUT2D eigenvalue weighted by Gasteiger charge is -2.11. The van der Waals surface area contributed by atoms with E-state index in [1.165, 1.54) is 12.1 Å². The van der Waals surface area contributed by atoms with Crippen molar-refractivity contribution in [1.29, 1.82) is 0 Å². The second kappa shape index (κ2) is 3.88. The minimum atomic E-state index is -4.50. The monoisotopic (exact) mass is 223 g/mol. The predicted octanol–water partition coefficient (Wildman–Crippen LogP) is 3.48. The molecule has 1 aromatic rings. The number of anilines is 1. The van der Waals surface area contributed by atoms with Crippen LogP contribution in [-0.4, -0.2) is 5.37 Å². The first-order valence-electron chi connectivity index (χ1n) is 3.54. The molecule has 0 fully saturated rings. The Morgan fingerprint density at radius 2 is 1.86 bits per heavy atom. The van der Waals surface area contributed by atoms with Crippen molar-refractivity contribution in [2.75, 3.05) is 5.32 Å². The fourth-order valence-corrected chi connectivity index (χ4v) is 1.05. The maximum Gasteiger partial charge on any atom is 0.418 e. The van der Waals surface area contributed by atoms with Gasteiger partial charge in [-0.3, -0.25) is 4.79 Å². The second-order valence-electron chi connectivity index (χ2n) is 2.44. The number of amides is 1. The van der Waals surface area contributed by atoms with Gasteiger partial charge in [0.1, 0.15) is 0 Å². The van der Waals surface area contributed by atoms with Crippen LogP contribution in [0.15, 0.2) is 24.3 Å². The molecular formula is C8H5ClF3NO. The normalized spacial score (nSPS) is 11.1. The van der Waals surface area contributed by atoms with Gasteiger partial charge in [0.2, 0.25) is 0 Å². The predicted molar refractivity (Wildman–Crippen MR) is 46.3 cm³/mol. The summed E-state index contributed by atoms with van der Waals surface area (Å²) in [4.78, 5) is 10.4. The molecule has 0 aliphatic rings. The van der Waals surface area contributed by atoms with Crippen LogP contribution < -0.4 is 5.32 Å². The van der Waals surface area contributed by atoms with Gasteiger partial charge in [-0.25, -0.2) is 0 Å². The van der Waals surface area contributed by atoms with Crippen LogP contribution in [0, 0.1) is 0 Å². The third-order valence-corrected chi connectivity index (χ3v) is 1.56. The van der Waals surface area contributed by atoms with Crippen LogP contribution in [0.1, 0.15) is 5.56 Å². The Kier molecular flexibility index (Phi) is 3.00. The first-order valence-corrected chi connectivity index (χ1v) is 3.92. The molecule has 0 aromatic heterocycles. The number of hydrogen-bond acceptors (Lipinski definition) is 1. The fourth-order valence-electron chi connectivity index (χ4n) is 0.945. The van der Waals surface area contributed by atoms with E-state index in [-0.39, 0.29) is 5.69 Å². The van der Waals surface area contributed by atoms with Crippen molar-refractivity contribution in [3.63, 3.8) is 0 Å². The molecule has 6 heteroatoms. The molecule has 0 bridgehead atoms. The van der Waals surface area contributed by atoms with Gasteiger partial charge in [0.25, 0.3) is 0 Å². The van der Waals surface area contributed by atoms with Gasteiger partial charge in [0, 0.05) is 0 Å². The van der Waals surface area contributed by atoms with E-state index in [9.17, 15) is 18.0 Å². The number of halogens is 4. The standard InChI is InChI=1S/C8H5ClF3NO/c9-7(14)13-6-4-2-1-3-5(6)8(10,11)12/h1-4H,(H,13,14). The summed E-state index contributed by atoms with van der Waals surface area (Å²) in [6.45, 7) is 0. The number of para-hydroxylation sites is 1. The summed E-state index contributed by atoms with van der Waals surface area (Å²) in [5.74, 6) is 0. The molecule has 0 spiro atoms. The first kappa shape index (κ1) is 10.8. The molecule has 0 saturated carbocycles. The van der Waals surface area contributed by atoms with Crippen molar-refractivity contribution in [3.8, 4) is 0 Å². The average molecular weight is 224 g/mol. The molecule has 1 aromatic carbocycles. The van der Waals surface area contributed by atoms with Crippen LogP contribution in [0.4, 0.5) is 23.7 Å². The van der Waals surface area contributed by atoms with E-state index in [2.05, 4.69) is 0 Å². The number of hydrogen-bond donors (Lipinski definition) is 1. The Hall–Kier alpha value is -1.23. The lowest BCUT2D eigenvalue weighted by molar-refractivity contribution is -0.136. The molecule has 0 radical (unpaired) electrons. The molecule has 0 aliphatic heterocycles. The van der Waals surface area contributed by atoms with Crippen LogP contribution in [-0.2, 0) is 6.18 Å². The van der Waals surface area contributed by atoms with Gasteiger partial charge in [-0.1, -0.05) is 12.1 Å². The van der Waals surface area contributed by atoms with Gasteiger partial charge in [0.05, 0.1) is 11.3 Å². The lowest BCUT2D eigenvalue weighted by Crippen LogP contribution is -2.11. The zero-order valence-electron chi connectivity index (χ0n) is 6.73. The Balaban J connectivity index is 3.10. The van der Waals surface area contributed by atoms with Gasteiger partial charge in [-0.2, -0.15) is 13.2 Å². The van der Waals surface area contributed by atoms with E-state index in [0.717, 1.165) is 12.1 Å². The number of carbonyl (C=O) groups excluding carboxylic acids is 1. The van der Waals surface area contributed by atoms with Crippen molar-refractivity contribution >= 4 is 22.7 Å². The highest BCUT2D eigenvalue weighted by Gasteiger charge is 2.33. The molecule has 0 unspecified atom stereocenters. The number of benzene rings is 1. The van der Waals surface area contributed by atoms with Crippen LogP contribution in [0.25, 0.3) is 0 Å². The quantitative estimate of drug-likeness (QED) is 0.573. The summed E-state index contributed by atoms with van der Waals surface area (Å²) in [6, 6.07) is 4.59. The summed E-state index contributed by atoms with van der Waals surface area (Å²) >= 11 is 4.92. The largest absolute Gasteiger partial charge is 0.418 e. The van der Waals surface area contributed by atoms with Crippen LogP contribution >= 0.6 is 11.6 Å². The zero-order chi connectivity index (χ0) is 10.8. The highest BCUT2D eigenvalue weighted by Crippen LogP contribution is 2.34. The van der Waals surface area contributed by atoms with Crippen molar-refractivity contribution in [2.24, 2.45) is 0 Å². The first-order chi connectivity index (χ1) is 6.41. The molecule has 0 atom stereocenters. The summed E-state index contributed by atoms with van der Waals surface area (Å²) in [5.41, 5.74) is -1.27. The summed E-state index contributed by atoms with van der Waals surface area (Å²) in [7, 11) is 0. The van der Waals surface area contributed by atoms with Crippen LogP contribution in [0.2, 0.25) is 0 Å². The fraction of sp³-hybridized carbons (Fsp3) is 0.125. The molecule has 0 aliphatic carbocycles. The van der Waals surface area contributed by atoms with E-state index in [0.29, 0.717) is 0 Å². The SMILES string of the molecule is O=C(Cl)Nc1ccccc1C(F)(F)F. The van der Waals surface area contributed by atoms with Gasteiger partial charge in [-0.05, 0) is 23.7 Å². The third-order valence-electron chi connectivity index (χ3n) is 1.47. The number of carbonyl (C=O) groups is 1. The molecule has 1 amide bonds. The van der Waals surface area contributed by atoms with E-state index in [1.54, 1.807) is 0 Å². The minimum absolute atomic E-state index is 0.347. The summed E-state index contributed by atoms with van der Waals surface area (Å²) in [6.07, 6.45) is -4.50. The van der Waals surface area contributed by atoms with E-state index in [1.807, 2.05) is 5.32 Å². The van der Waals surface area contributed by atoms with Crippen molar-refractivity contribution < 1.29 is 18.0 Å². The van der Waals surface area contributed by atoms with Gasteiger partial charge in [-0.15, -0.1) is 0 Å². The Bertz CT molecular complexity index is 351. The van der Waals surface area contributed by atoms with Gasteiger partial charge < -0.3 is 5.32 Å². The number of nitrogens with one attached hydrogen (secondary N) is 1. The number of alkyl halides is 3. The molecule has 0 heterocycles. The molecule has 1 N–H and O–H groups in total. The molecule has 0 saturated heterocycles. The van der Waals surface area contributed by atoms with E-state index in [4.69, 9.17) is 11.6 Å². The van der Waals surface area contributed by atoms with Crippen LogP contribution in [0.5, 0.6) is 0 Å². The topological polar surface area (TPSA) is 29.1 Å². The Labute approximate surface area is 82.7 Å². The zero-order valence-corrected chi connectivity index (χ0v) is 7.49. The minimum Gasteiger partial charge on any atom is -0.312 e. The van der Waals surface area contributed by atoms with E-state index < -0.39 is 17.1 Å². The number of rotatable bonds is 1.